The zero-order valence-electron chi connectivity index (χ0n) is 18.6. The zero-order chi connectivity index (χ0) is 21.4. The van der Waals surface area contributed by atoms with Gasteiger partial charge in [0.25, 0.3) is 5.78 Å². The molecule has 30 heavy (non-hydrogen) atoms. The van der Waals surface area contributed by atoms with E-state index in [4.69, 9.17) is 0 Å². The lowest BCUT2D eigenvalue weighted by molar-refractivity contribution is 0.0911. The zero-order valence-corrected chi connectivity index (χ0v) is 18.6. The van der Waals surface area contributed by atoms with Gasteiger partial charge in [0.15, 0.2) is 0 Å². The number of likely N-dealkylation sites (tertiary alicyclic amines) is 1. The van der Waals surface area contributed by atoms with Crippen LogP contribution in [0.15, 0.2) is 30.6 Å². The Labute approximate surface area is 178 Å². The Bertz CT molecular complexity index is 1010. The summed E-state index contributed by atoms with van der Waals surface area (Å²) in [6.45, 7) is 12.8. The maximum Gasteiger partial charge on any atom is 0.252 e. The Morgan fingerprint density at radius 3 is 2.63 bits per heavy atom. The van der Waals surface area contributed by atoms with Crippen molar-refractivity contribution in [3.63, 3.8) is 0 Å². The van der Waals surface area contributed by atoms with Crippen LogP contribution in [0.3, 0.4) is 0 Å². The lowest BCUT2D eigenvalue weighted by atomic mass is 9.82. The first-order valence-corrected chi connectivity index (χ1v) is 11.0. The first-order valence-electron chi connectivity index (χ1n) is 11.0. The molecule has 1 fully saturated rings. The number of piperidine rings is 1. The Morgan fingerprint density at radius 1 is 1.10 bits per heavy atom. The summed E-state index contributed by atoms with van der Waals surface area (Å²) in [6, 6.07) is 7.83. The standard InChI is InChI=1S/C24H32FN5/c1-15(2)18(5)23(20-9-16(3)10-21(25)12-20)29-8-6-7-19(13-29)22-11-17(4)28-24-26-14-27-30(22)24/h9-12,14-15,18-19,23H,6-8,13H2,1-5H3. The van der Waals surface area contributed by atoms with Crippen LogP contribution in [0.2, 0.25) is 0 Å². The number of nitrogens with zero attached hydrogens (tertiary/aromatic N) is 5. The molecule has 2 aromatic heterocycles. The van der Waals surface area contributed by atoms with Crippen LogP contribution in [0.4, 0.5) is 4.39 Å². The third kappa shape index (κ3) is 4.10. The predicted molar refractivity (Wildman–Crippen MR) is 117 cm³/mol. The molecule has 0 N–H and O–H groups in total. The maximum absolute atomic E-state index is 14.3. The predicted octanol–water partition coefficient (Wildman–Crippen LogP) is 5.09. The number of aromatic nitrogens is 4. The van der Waals surface area contributed by atoms with Crippen LogP contribution in [0.5, 0.6) is 0 Å². The molecule has 0 bridgehead atoms. The van der Waals surface area contributed by atoms with Crippen molar-refractivity contribution in [1.29, 1.82) is 0 Å². The van der Waals surface area contributed by atoms with Crippen LogP contribution < -0.4 is 0 Å². The average molecular weight is 410 g/mol. The third-order valence-corrected chi connectivity index (χ3v) is 6.63. The molecular formula is C24H32FN5. The second-order valence-electron chi connectivity index (χ2n) is 9.24. The van der Waals surface area contributed by atoms with Crippen molar-refractivity contribution in [2.24, 2.45) is 11.8 Å². The van der Waals surface area contributed by atoms with E-state index in [2.05, 4.69) is 52.9 Å². The summed E-state index contributed by atoms with van der Waals surface area (Å²) in [7, 11) is 0. The second kappa shape index (κ2) is 8.42. The summed E-state index contributed by atoms with van der Waals surface area (Å²) in [6.07, 6.45) is 3.79. The highest BCUT2D eigenvalue weighted by Gasteiger charge is 2.33. The topological polar surface area (TPSA) is 46.3 Å². The SMILES string of the molecule is Cc1cc(F)cc(C(C(C)C(C)C)N2CCCC(c3cc(C)nc4ncnn34)C2)c1. The molecule has 1 aliphatic rings. The summed E-state index contributed by atoms with van der Waals surface area (Å²) in [4.78, 5) is 11.4. The molecular weight excluding hydrogens is 377 g/mol. The van der Waals surface area contributed by atoms with Crippen molar-refractivity contribution >= 4 is 5.78 Å². The first kappa shape index (κ1) is 20.9. The molecule has 3 aromatic rings. The van der Waals surface area contributed by atoms with Gasteiger partial charge in [-0.05, 0) is 74.4 Å². The van der Waals surface area contributed by atoms with Crippen molar-refractivity contribution in [2.45, 2.75) is 59.4 Å². The van der Waals surface area contributed by atoms with Crippen molar-refractivity contribution in [1.82, 2.24) is 24.5 Å². The molecule has 3 heterocycles. The van der Waals surface area contributed by atoms with Gasteiger partial charge in [-0.25, -0.2) is 13.9 Å². The number of hydrogen-bond donors (Lipinski definition) is 0. The quantitative estimate of drug-likeness (QED) is 0.589. The molecule has 0 amide bonds. The minimum absolute atomic E-state index is 0.145. The van der Waals surface area contributed by atoms with E-state index in [1.807, 2.05) is 18.4 Å². The van der Waals surface area contributed by atoms with E-state index >= 15 is 0 Å². The van der Waals surface area contributed by atoms with Crippen LogP contribution in [0, 0.1) is 31.5 Å². The highest BCUT2D eigenvalue weighted by molar-refractivity contribution is 5.32. The van der Waals surface area contributed by atoms with Crippen LogP contribution in [0.25, 0.3) is 5.78 Å². The Kier molecular flexibility index (Phi) is 5.87. The lowest BCUT2D eigenvalue weighted by Gasteiger charge is -2.42. The van der Waals surface area contributed by atoms with E-state index in [1.54, 1.807) is 18.5 Å². The first-order chi connectivity index (χ1) is 14.3. The normalized spacial score (nSPS) is 20.0. The van der Waals surface area contributed by atoms with E-state index in [-0.39, 0.29) is 11.9 Å². The third-order valence-electron chi connectivity index (χ3n) is 6.63. The van der Waals surface area contributed by atoms with E-state index in [0.29, 0.717) is 23.5 Å². The summed E-state index contributed by atoms with van der Waals surface area (Å²) < 4.78 is 16.2. The molecule has 3 unspecified atom stereocenters. The molecule has 6 heteroatoms. The molecule has 1 saturated heterocycles. The van der Waals surface area contributed by atoms with Gasteiger partial charge < -0.3 is 0 Å². The maximum atomic E-state index is 14.3. The Morgan fingerprint density at radius 2 is 1.90 bits per heavy atom. The van der Waals surface area contributed by atoms with Gasteiger partial charge in [0.05, 0.1) is 5.69 Å². The largest absolute Gasteiger partial charge is 0.295 e. The van der Waals surface area contributed by atoms with Crippen molar-refractivity contribution in [2.75, 3.05) is 13.1 Å². The molecule has 1 aliphatic heterocycles. The van der Waals surface area contributed by atoms with Crippen LogP contribution in [-0.2, 0) is 0 Å². The number of halogens is 1. The fourth-order valence-corrected chi connectivity index (χ4v) is 4.90. The average Bonchev–Trinajstić information content (AvgIpc) is 3.15. The van der Waals surface area contributed by atoms with Gasteiger partial charge in [0.2, 0.25) is 0 Å². The van der Waals surface area contributed by atoms with Crippen molar-refractivity contribution in [3.8, 4) is 0 Å². The molecule has 0 aliphatic carbocycles. The monoisotopic (exact) mass is 409 g/mol. The smallest absolute Gasteiger partial charge is 0.252 e. The molecule has 0 radical (unpaired) electrons. The molecule has 0 saturated carbocycles. The number of aryl methyl sites for hydroxylation is 2. The Balaban J connectivity index is 1.70. The summed E-state index contributed by atoms with van der Waals surface area (Å²) >= 11 is 0. The molecule has 4 rings (SSSR count). The number of rotatable bonds is 5. The lowest BCUT2D eigenvalue weighted by Crippen LogP contribution is -2.41. The summed E-state index contributed by atoms with van der Waals surface area (Å²) in [5.41, 5.74) is 4.21. The highest BCUT2D eigenvalue weighted by Crippen LogP contribution is 2.38. The molecule has 160 valence electrons. The fourth-order valence-electron chi connectivity index (χ4n) is 4.90. The minimum atomic E-state index is -0.145. The second-order valence-corrected chi connectivity index (χ2v) is 9.24. The van der Waals surface area contributed by atoms with Crippen LogP contribution >= 0.6 is 0 Å². The molecule has 5 nitrogen and oxygen atoms in total. The van der Waals surface area contributed by atoms with Gasteiger partial charge in [-0.3, -0.25) is 4.90 Å². The van der Waals surface area contributed by atoms with Gasteiger partial charge in [-0.1, -0.05) is 26.8 Å². The van der Waals surface area contributed by atoms with Crippen LogP contribution in [-0.4, -0.2) is 37.6 Å². The van der Waals surface area contributed by atoms with Crippen LogP contribution in [0.1, 0.15) is 68.1 Å². The molecule has 0 spiro atoms. The highest BCUT2D eigenvalue weighted by atomic mass is 19.1. The van der Waals surface area contributed by atoms with Crippen molar-refractivity contribution < 1.29 is 4.39 Å². The van der Waals surface area contributed by atoms with E-state index < -0.39 is 0 Å². The summed E-state index contributed by atoms with van der Waals surface area (Å²) in [5, 5.41) is 4.42. The fraction of sp³-hybridized carbons (Fsp3) is 0.542. The van der Waals surface area contributed by atoms with Gasteiger partial charge in [0, 0.05) is 24.2 Å². The van der Waals surface area contributed by atoms with E-state index in [9.17, 15) is 4.39 Å². The Hall–Kier alpha value is -2.34. The van der Waals surface area contributed by atoms with Crippen molar-refractivity contribution in [3.05, 3.63) is 58.9 Å². The van der Waals surface area contributed by atoms with E-state index in [1.165, 1.54) is 5.69 Å². The van der Waals surface area contributed by atoms with Gasteiger partial charge in [0.1, 0.15) is 12.1 Å². The summed E-state index contributed by atoms with van der Waals surface area (Å²) in [5.74, 6) is 1.78. The number of hydrogen-bond acceptors (Lipinski definition) is 4. The minimum Gasteiger partial charge on any atom is -0.295 e. The van der Waals surface area contributed by atoms with E-state index in [0.717, 1.165) is 42.8 Å². The van der Waals surface area contributed by atoms with Gasteiger partial charge in [-0.15, -0.1) is 0 Å². The molecule has 1 aromatic carbocycles. The van der Waals surface area contributed by atoms with Gasteiger partial charge >= 0.3 is 0 Å². The number of fused-ring (bicyclic) bond motifs is 1. The number of benzene rings is 1. The molecule has 3 atom stereocenters. The van der Waals surface area contributed by atoms with Gasteiger partial charge in [-0.2, -0.15) is 10.1 Å².